The van der Waals surface area contributed by atoms with Gasteiger partial charge in [0.2, 0.25) is 0 Å². The molecule has 13 heavy (non-hydrogen) atoms. The standard InChI is InChI=1S/C10H16O3/c1-3-7-4-5-8(9(11)6-7)10(12)13-2/h7-8H,3-6H2,1-2H3. The van der Waals surface area contributed by atoms with Gasteiger partial charge in [-0.05, 0) is 18.8 Å². The highest BCUT2D eigenvalue weighted by molar-refractivity contribution is 5.99. The highest BCUT2D eigenvalue weighted by Crippen LogP contribution is 2.28. The second-order valence-electron chi connectivity index (χ2n) is 3.60. The summed E-state index contributed by atoms with van der Waals surface area (Å²) < 4.78 is 4.57. The molecule has 0 N–H and O–H groups in total. The minimum atomic E-state index is -0.479. The molecule has 0 amide bonds. The first-order valence-electron chi connectivity index (χ1n) is 4.79. The number of carbonyl (C=O) groups is 2. The van der Waals surface area contributed by atoms with Gasteiger partial charge in [0.05, 0.1) is 7.11 Å². The van der Waals surface area contributed by atoms with Gasteiger partial charge in [0.25, 0.3) is 0 Å². The normalized spacial score (nSPS) is 28.6. The van der Waals surface area contributed by atoms with Gasteiger partial charge in [0.15, 0.2) is 0 Å². The average molecular weight is 184 g/mol. The third-order valence-electron chi connectivity index (χ3n) is 2.81. The van der Waals surface area contributed by atoms with Crippen LogP contribution in [0.15, 0.2) is 0 Å². The lowest BCUT2D eigenvalue weighted by atomic mass is 9.80. The van der Waals surface area contributed by atoms with Crippen molar-refractivity contribution in [3.63, 3.8) is 0 Å². The molecular formula is C10H16O3. The molecule has 0 heterocycles. The molecule has 0 aromatic carbocycles. The molecule has 0 bridgehead atoms. The number of rotatable bonds is 2. The van der Waals surface area contributed by atoms with Crippen molar-refractivity contribution in [1.29, 1.82) is 0 Å². The smallest absolute Gasteiger partial charge is 0.316 e. The van der Waals surface area contributed by atoms with E-state index in [1.807, 2.05) is 0 Å². The number of ketones is 1. The third kappa shape index (κ3) is 2.29. The Morgan fingerprint density at radius 1 is 1.54 bits per heavy atom. The SMILES string of the molecule is CCC1CCC(C(=O)OC)C(=O)C1. The lowest BCUT2D eigenvalue weighted by Gasteiger charge is -2.24. The Kier molecular flexibility index (Phi) is 3.46. The third-order valence-corrected chi connectivity index (χ3v) is 2.81. The highest BCUT2D eigenvalue weighted by Gasteiger charge is 2.33. The average Bonchev–Trinajstić information content (AvgIpc) is 2.16. The second kappa shape index (κ2) is 4.40. The fourth-order valence-corrected chi connectivity index (χ4v) is 1.83. The Bertz CT molecular complexity index is 210. The molecule has 2 unspecified atom stereocenters. The Hall–Kier alpha value is -0.860. The van der Waals surface area contributed by atoms with Crippen molar-refractivity contribution in [3.8, 4) is 0 Å². The van der Waals surface area contributed by atoms with E-state index in [2.05, 4.69) is 11.7 Å². The molecule has 74 valence electrons. The van der Waals surface area contributed by atoms with Crippen LogP contribution >= 0.6 is 0 Å². The monoisotopic (exact) mass is 184 g/mol. The van der Waals surface area contributed by atoms with Gasteiger partial charge in [-0.15, -0.1) is 0 Å². The number of Topliss-reactive ketones (excluding diaryl/α,β-unsaturated/α-hetero) is 1. The molecule has 3 nitrogen and oxygen atoms in total. The van der Waals surface area contributed by atoms with Crippen molar-refractivity contribution in [3.05, 3.63) is 0 Å². The number of carbonyl (C=O) groups excluding carboxylic acids is 2. The van der Waals surface area contributed by atoms with Crippen LogP contribution in [0.4, 0.5) is 0 Å². The first-order chi connectivity index (χ1) is 6.19. The fraction of sp³-hybridized carbons (Fsp3) is 0.800. The van der Waals surface area contributed by atoms with Gasteiger partial charge in [-0.25, -0.2) is 0 Å². The fourth-order valence-electron chi connectivity index (χ4n) is 1.83. The predicted molar refractivity (Wildman–Crippen MR) is 48.1 cm³/mol. The molecule has 1 aliphatic carbocycles. The maximum Gasteiger partial charge on any atom is 0.316 e. The van der Waals surface area contributed by atoms with E-state index in [1.54, 1.807) is 0 Å². The van der Waals surface area contributed by atoms with Crippen LogP contribution in [0.1, 0.15) is 32.6 Å². The summed E-state index contributed by atoms with van der Waals surface area (Å²) in [5.41, 5.74) is 0. The van der Waals surface area contributed by atoms with Gasteiger partial charge in [0, 0.05) is 6.42 Å². The van der Waals surface area contributed by atoms with E-state index in [1.165, 1.54) is 7.11 Å². The molecule has 1 rings (SSSR count). The van der Waals surface area contributed by atoms with Gasteiger partial charge in [-0.3, -0.25) is 9.59 Å². The molecule has 0 saturated heterocycles. The quantitative estimate of drug-likeness (QED) is 0.483. The summed E-state index contributed by atoms with van der Waals surface area (Å²) in [4.78, 5) is 22.6. The summed E-state index contributed by atoms with van der Waals surface area (Å²) in [6.07, 6.45) is 3.22. The molecule has 1 saturated carbocycles. The number of ether oxygens (including phenoxy) is 1. The van der Waals surface area contributed by atoms with E-state index in [4.69, 9.17) is 0 Å². The summed E-state index contributed by atoms with van der Waals surface area (Å²) in [5.74, 6) is -0.300. The van der Waals surface area contributed by atoms with Crippen molar-refractivity contribution >= 4 is 11.8 Å². The minimum absolute atomic E-state index is 0.0601. The van der Waals surface area contributed by atoms with Crippen LogP contribution in [0.2, 0.25) is 0 Å². The number of methoxy groups -OCH3 is 1. The summed E-state index contributed by atoms with van der Waals surface area (Å²) in [6, 6.07) is 0. The number of esters is 1. The molecule has 0 aromatic rings. The van der Waals surface area contributed by atoms with E-state index in [0.29, 0.717) is 18.8 Å². The maximum absolute atomic E-state index is 11.5. The molecule has 0 aliphatic heterocycles. The molecular weight excluding hydrogens is 168 g/mol. The molecule has 0 aromatic heterocycles. The van der Waals surface area contributed by atoms with E-state index in [0.717, 1.165) is 12.8 Å². The zero-order valence-electron chi connectivity index (χ0n) is 8.21. The zero-order chi connectivity index (χ0) is 9.84. The summed E-state index contributed by atoms with van der Waals surface area (Å²) in [6.45, 7) is 2.08. The summed E-state index contributed by atoms with van der Waals surface area (Å²) >= 11 is 0. The Labute approximate surface area is 78.5 Å². The van der Waals surface area contributed by atoms with Crippen LogP contribution < -0.4 is 0 Å². The molecule has 0 radical (unpaired) electrons. The maximum atomic E-state index is 11.5. The van der Waals surface area contributed by atoms with Crippen LogP contribution in [-0.2, 0) is 14.3 Å². The van der Waals surface area contributed by atoms with E-state index < -0.39 is 5.92 Å². The van der Waals surface area contributed by atoms with Crippen molar-refractivity contribution < 1.29 is 14.3 Å². The largest absolute Gasteiger partial charge is 0.468 e. The van der Waals surface area contributed by atoms with Crippen LogP contribution in [0, 0.1) is 11.8 Å². The van der Waals surface area contributed by atoms with Crippen molar-refractivity contribution in [2.75, 3.05) is 7.11 Å². The van der Waals surface area contributed by atoms with Gasteiger partial charge in [-0.1, -0.05) is 13.3 Å². The van der Waals surface area contributed by atoms with Crippen LogP contribution in [0.25, 0.3) is 0 Å². The van der Waals surface area contributed by atoms with E-state index in [-0.39, 0.29) is 11.8 Å². The van der Waals surface area contributed by atoms with Gasteiger partial charge < -0.3 is 4.74 Å². The van der Waals surface area contributed by atoms with Crippen molar-refractivity contribution in [2.45, 2.75) is 32.6 Å². The topological polar surface area (TPSA) is 43.4 Å². The summed E-state index contributed by atoms with van der Waals surface area (Å²) in [5, 5.41) is 0. The highest BCUT2D eigenvalue weighted by atomic mass is 16.5. The second-order valence-corrected chi connectivity index (χ2v) is 3.60. The van der Waals surface area contributed by atoms with Crippen LogP contribution in [0.3, 0.4) is 0 Å². The first-order valence-corrected chi connectivity index (χ1v) is 4.79. The molecule has 2 atom stereocenters. The molecule has 1 fully saturated rings. The van der Waals surface area contributed by atoms with Gasteiger partial charge >= 0.3 is 5.97 Å². The van der Waals surface area contributed by atoms with E-state index >= 15 is 0 Å². The van der Waals surface area contributed by atoms with Crippen molar-refractivity contribution in [1.82, 2.24) is 0 Å². The van der Waals surface area contributed by atoms with Crippen LogP contribution in [-0.4, -0.2) is 18.9 Å². The van der Waals surface area contributed by atoms with E-state index in [9.17, 15) is 9.59 Å². The molecule has 0 spiro atoms. The van der Waals surface area contributed by atoms with Gasteiger partial charge in [0.1, 0.15) is 11.7 Å². The zero-order valence-corrected chi connectivity index (χ0v) is 8.21. The number of hydrogen-bond acceptors (Lipinski definition) is 3. The molecule has 1 aliphatic rings. The Morgan fingerprint density at radius 2 is 2.23 bits per heavy atom. The summed E-state index contributed by atoms with van der Waals surface area (Å²) in [7, 11) is 1.33. The van der Waals surface area contributed by atoms with Crippen LogP contribution in [0.5, 0.6) is 0 Å². The van der Waals surface area contributed by atoms with Crippen molar-refractivity contribution in [2.24, 2.45) is 11.8 Å². The Balaban J connectivity index is 2.53. The minimum Gasteiger partial charge on any atom is -0.468 e. The lowest BCUT2D eigenvalue weighted by molar-refractivity contribution is -0.151. The predicted octanol–water partition coefficient (Wildman–Crippen LogP) is 1.55. The number of hydrogen-bond donors (Lipinski definition) is 0. The molecule has 3 heteroatoms. The lowest BCUT2D eigenvalue weighted by Crippen LogP contribution is -2.31. The first kappa shape index (κ1) is 10.2. The van der Waals surface area contributed by atoms with Gasteiger partial charge in [-0.2, -0.15) is 0 Å². The Morgan fingerprint density at radius 3 is 2.69 bits per heavy atom.